The zero-order chi connectivity index (χ0) is 15.7. The number of amides is 1. The van der Waals surface area contributed by atoms with Crippen LogP contribution in [0, 0.1) is 6.92 Å². The number of carboxylic acid groups (broad SMARTS) is 1. The smallest absolute Gasteiger partial charge is 0.407 e. The summed E-state index contributed by atoms with van der Waals surface area (Å²) < 4.78 is 11.7. The largest absolute Gasteiger partial charge is 0.490 e. The third-order valence-corrected chi connectivity index (χ3v) is 4.16. The highest BCUT2D eigenvalue weighted by Crippen LogP contribution is 2.34. The first-order valence-electron chi connectivity index (χ1n) is 7.36. The zero-order valence-corrected chi connectivity index (χ0v) is 12.4. The van der Waals surface area contributed by atoms with Gasteiger partial charge in [0.15, 0.2) is 0 Å². The molecule has 1 saturated heterocycles. The molecule has 1 aliphatic rings. The van der Waals surface area contributed by atoms with E-state index in [9.17, 15) is 9.90 Å². The molecule has 6 heteroatoms. The van der Waals surface area contributed by atoms with Gasteiger partial charge in [0.25, 0.3) is 0 Å². The number of ether oxygens (including phenoxy) is 1. The van der Waals surface area contributed by atoms with E-state index in [0.717, 1.165) is 16.7 Å². The third-order valence-electron chi connectivity index (χ3n) is 4.16. The molecule has 2 heterocycles. The van der Waals surface area contributed by atoms with Gasteiger partial charge < -0.3 is 24.3 Å². The molecule has 0 atom stereocenters. The van der Waals surface area contributed by atoms with E-state index in [1.54, 1.807) is 0 Å². The first-order chi connectivity index (χ1) is 10.6. The van der Waals surface area contributed by atoms with Gasteiger partial charge in [-0.3, -0.25) is 0 Å². The number of nitrogens with zero attached hydrogens (tertiary/aromatic N) is 1. The second-order valence-corrected chi connectivity index (χ2v) is 5.52. The fourth-order valence-electron chi connectivity index (χ4n) is 2.91. The van der Waals surface area contributed by atoms with Crippen LogP contribution < -0.4 is 4.74 Å². The van der Waals surface area contributed by atoms with Gasteiger partial charge in [0.2, 0.25) is 0 Å². The van der Waals surface area contributed by atoms with Crippen molar-refractivity contribution in [3.63, 3.8) is 0 Å². The quantitative estimate of drug-likeness (QED) is 0.911. The minimum absolute atomic E-state index is 0.00641. The van der Waals surface area contributed by atoms with Crippen molar-refractivity contribution in [1.29, 1.82) is 0 Å². The van der Waals surface area contributed by atoms with E-state index in [-0.39, 0.29) is 12.7 Å². The first-order valence-corrected chi connectivity index (χ1v) is 7.36. The minimum atomic E-state index is -0.876. The van der Waals surface area contributed by atoms with Crippen LogP contribution in [0.1, 0.15) is 24.2 Å². The van der Waals surface area contributed by atoms with E-state index in [0.29, 0.717) is 37.3 Å². The Kier molecular flexibility index (Phi) is 3.94. The Morgan fingerprint density at radius 3 is 2.77 bits per heavy atom. The number of carbonyl (C=O) groups is 1. The topological polar surface area (TPSA) is 83.1 Å². The Bertz CT molecular complexity index is 685. The van der Waals surface area contributed by atoms with Crippen molar-refractivity contribution >= 4 is 17.1 Å². The number of furan rings is 1. The van der Waals surface area contributed by atoms with Crippen LogP contribution in [0.2, 0.25) is 0 Å². The molecule has 0 bridgehead atoms. The van der Waals surface area contributed by atoms with Crippen molar-refractivity contribution in [2.24, 2.45) is 0 Å². The molecule has 1 amide bonds. The summed E-state index contributed by atoms with van der Waals surface area (Å²) >= 11 is 0. The Balaban J connectivity index is 1.80. The Morgan fingerprint density at radius 1 is 1.41 bits per heavy atom. The van der Waals surface area contributed by atoms with Crippen LogP contribution in [-0.2, 0) is 6.61 Å². The number of aryl methyl sites for hydroxylation is 1. The molecular formula is C16H19NO5. The number of hydrogen-bond acceptors (Lipinski definition) is 4. The summed E-state index contributed by atoms with van der Waals surface area (Å²) in [6.07, 6.45) is 0.464. The second kappa shape index (κ2) is 5.88. The molecule has 0 saturated carbocycles. The van der Waals surface area contributed by atoms with Gasteiger partial charge >= 0.3 is 6.09 Å². The maximum Gasteiger partial charge on any atom is 0.407 e. The number of fused-ring (bicyclic) bond motifs is 1. The van der Waals surface area contributed by atoms with Gasteiger partial charge in [-0.05, 0) is 19.1 Å². The predicted octanol–water partition coefficient (Wildman–Crippen LogP) is 2.75. The number of aliphatic hydroxyl groups excluding tert-OH is 1. The summed E-state index contributed by atoms with van der Waals surface area (Å²) in [5, 5.41) is 19.2. The molecule has 0 radical (unpaired) electrons. The van der Waals surface area contributed by atoms with Crippen LogP contribution in [0.15, 0.2) is 22.6 Å². The third kappa shape index (κ3) is 2.62. The summed E-state index contributed by atoms with van der Waals surface area (Å²) in [6.45, 7) is 2.73. The maximum atomic E-state index is 10.9. The second-order valence-electron chi connectivity index (χ2n) is 5.52. The Labute approximate surface area is 127 Å². The molecule has 3 rings (SSSR count). The minimum Gasteiger partial charge on any atom is -0.490 e. The Hall–Kier alpha value is -2.21. The SMILES string of the molecule is Cc1c(CO)oc2cccc(OC3CCN(C(=O)O)CC3)c12. The predicted molar refractivity (Wildman–Crippen MR) is 80.1 cm³/mol. The molecule has 1 aromatic heterocycles. The summed E-state index contributed by atoms with van der Waals surface area (Å²) in [5.41, 5.74) is 1.58. The normalized spacial score (nSPS) is 16.2. The van der Waals surface area contributed by atoms with Gasteiger partial charge in [0, 0.05) is 31.5 Å². The van der Waals surface area contributed by atoms with Crippen LogP contribution in [0.3, 0.4) is 0 Å². The highest BCUT2D eigenvalue weighted by Gasteiger charge is 2.24. The molecule has 22 heavy (non-hydrogen) atoms. The molecule has 6 nitrogen and oxygen atoms in total. The van der Waals surface area contributed by atoms with E-state index in [1.165, 1.54) is 4.90 Å². The lowest BCUT2D eigenvalue weighted by molar-refractivity contribution is 0.0902. The number of likely N-dealkylation sites (tertiary alicyclic amines) is 1. The lowest BCUT2D eigenvalue weighted by Gasteiger charge is -2.30. The fourth-order valence-corrected chi connectivity index (χ4v) is 2.91. The standard InChI is InChI=1S/C16H19NO5/c1-10-14(9-18)22-13-4-2-3-12(15(10)13)21-11-5-7-17(8-6-11)16(19)20/h2-4,11,18H,5-9H2,1H3,(H,19,20). The van der Waals surface area contributed by atoms with Crippen molar-refractivity contribution in [3.05, 3.63) is 29.5 Å². The number of rotatable bonds is 3. The number of hydrogen-bond donors (Lipinski definition) is 2. The Morgan fingerprint density at radius 2 is 2.14 bits per heavy atom. The van der Waals surface area contributed by atoms with Crippen LogP contribution >= 0.6 is 0 Å². The molecule has 1 fully saturated rings. The van der Waals surface area contributed by atoms with E-state index in [1.807, 2.05) is 25.1 Å². The number of aliphatic hydroxyl groups is 1. The average molecular weight is 305 g/mol. The summed E-state index contributed by atoms with van der Waals surface area (Å²) in [6, 6.07) is 5.59. The number of piperidine rings is 1. The molecule has 0 aliphatic carbocycles. The first kappa shape index (κ1) is 14.7. The van der Waals surface area contributed by atoms with Crippen LogP contribution in [0.4, 0.5) is 4.79 Å². The zero-order valence-electron chi connectivity index (χ0n) is 12.4. The van der Waals surface area contributed by atoms with E-state index < -0.39 is 6.09 Å². The molecular weight excluding hydrogens is 286 g/mol. The van der Waals surface area contributed by atoms with Crippen LogP contribution in [0.5, 0.6) is 5.75 Å². The number of benzene rings is 1. The van der Waals surface area contributed by atoms with Crippen molar-refractivity contribution in [2.45, 2.75) is 32.5 Å². The van der Waals surface area contributed by atoms with Gasteiger partial charge in [-0.15, -0.1) is 0 Å². The molecule has 2 aromatic rings. The van der Waals surface area contributed by atoms with Crippen molar-refractivity contribution in [2.75, 3.05) is 13.1 Å². The molecule has 0 spiro atoms. The van der Waals surface area contributed by atoms with Crippen molar-refractivity contribution in [1.82, 2.24) is 4.90 Å². The van der Waals surface area contributed by atoms with E-state index in [4.69, 9.17) is 14.3 Å². The van der Waals surface area contributed by atoms with Crippen LogP contribution in [0.25, 0.3) is 11.0 Å². The summed E-state index contributed by atoms with van der Waals surface area (Å²) in [5.74, 6) is 1.28. The van der Waals surface area contributed by atoms with E-state index >= 15 is 0 Å². The molecule has 1 aromatic carbocycles. The van der Waals surface area contributed by atoms with Crippen molar-refractivity contribution < 1.29 is 24.2 Å². The van der Waals surface area contributed by atoms with E-state index in [2.05, 4.69) is 0 Å². The highest BCUT2D eigenvalue weighted by molar-refractivity contribution is 5.88. The average Bonchev–Trinajstić information content (AvgIpc) is 2.85. The highest BCUT2D eigenvalue weighted by atomic mass is 16.5. The van der Waals surface area contributed by atoms with Crippen LogP contribution in [-0.4, -0.2) is 40.4 Å². The van der Waals surface area contributed by atoms with Gasteiger partial charge in [-0.2, -0.15) is 0 Å². The molecule has 118 valence electrons. The lowest BCUT2D eigenvalue weighted by Crippen LogP contribution is -2.41. The summed E-state index contributed by atoms with van der Waals surface area (Å²) in [4.78, 5) is 12.3. The molecule has 2 N–H and O–H groups in total. The molecule has 1 aliphatic heterocycles. The fraction of sp³-hybridized carbons (Fsp3) is 0.438. The van der Waals surface area contributed by atoms with Crippen molar-refractivity contribution in [3.8, 4) is 5.75 Å². The lowest BCUT2D eigenvalue weighted by atomic mass is 10.1. The monoisotopic (exact) mass is 305 g/mol. The van der Waals surface area contributed by atoms with Gasteiger partial charge in [-0.1, -0.05) is 6.07 Å². The molecule has 0 unspecified atom stereocenters. The summed E-state index contributed by atoms with van der Waals surface area (Å²) in [7, 11) is 0. The van der Waals surface area contributed by atoms with Gasteiger partial charge in [0.1, 0.15) is 29.8 Å². The van der Waals surface area contributed by atoms with Gasteiger partial charge in [0.05, 0.1) is 5.39 Å². The maximum absolute atomic E-state index is 10.9. The van der Waals surface area contributed by atoms with Gasteiger partial charge in [-0.25, -0.2) is 4.79 Å².